The fraction of sp³-hybridized carbons (Fsp3) is 0.333. The lowest BCUT2D eigenvalue weighted by Crippen LogP contribution is -2.28. The van der Waals surface area contributed by atoms with Gasteiger partial charge in [-0.1, -0.05) is 5.16 Å². The van der Waals surface area contributed by atoms with Gasteiger partial charge in [-0.3, -0.25) is 4.79 Å². The Morgan fingerprint density at radius 3 is 2.88 bits per heavy atom. The Bertz CT molecular complexity index is 844. The number of fused-ring (bicyclic) bond motifs is 1. The van der Waals surface area contributed by atoms with Crippen molar-refractivity contribution in [3.8, 4) is 5.75 Å². The van der Waals surface area contributed by atoms with Crippen LogP contribution in [0.1, 0.15) is 17.0 Å². The van der Waals surface area contributed by atoms with E-state index < -0.39 is 0 Å². The zero-order valence-corrected chi connectivity index (χ0v) is 14.1. The summed E-state index contributed by atoms with van der Waals surface area (Å²) in [7, 11) is 1.66. The molecule has 6 heteroatoms. The lowest BCUT2D eigenvalue weighted by Gasteiger charge is -2.08. The van der Waals surface area contributed by atoms with Crippen molar-refractivity contribution >= 4 is 16.8 Å². The maximum atomic E-state index is 12.1. The second-order valence-corrected chi connectivity index (χ2v) is 5.76. The Morgan fingerprint density at radius 2 is 2.17 bits per heavy atom. The van der Waals surface area contributed by atoms with Gasteiger partial charge in [0.1, 0.15) is 11.5 Å². The topological polar surface area (TPSA) is 69.3 Å². The normalized spacial score (nSPS) is 11.0. The number of ether oxygens (including phenoxy) is 1. The third-order valence-electron chi connectivity index (χ3n) is 4.17. The number of benzene rings is 1. The van der Waals surface area contributed by atoms with E-state index in [4.69, 9.17) is 9.26 Å². The minimum Gasteiger partial charge on any atom is -0.497 e. The molecule has 0 aliphatic heterocycles. The van der Waals surface area contributed by atoms with Gasteiger partial charge in [-0.25, -0.2) is 0 Å². The van der Waals surface area contributed by atoms with E-state index in [-0.39, 0.29) is 5.91 Å². The Labute approximate surface area is 140 Å². The van der Waals surface area contributed by atoms with Crippen molar-refractivity contribution in [3.05, 3.63) is 47.5 Å². The van der Waals surface area contributed by atoms with Crippen LogP contribution >= 0.6 is 0 Å². The quantitative estimate of drug-likeness (QED) is 0.755. The number of aryl methyl sites for hydroxylation is 2. The lowest BCUT2D eigenvalue weighted by atomic mass is 10.1. The summed E-state index contributed by atoms with van der Waals surface area (Å²) >= 11 is 0. The molecule has 0 radical (unpaired) electrons. The molecule has 1 N–H and O–H groups in total. The number of carbonyl (C=O) groups excluding carboxylic acids is 1. The molecular formula is C18H21N3O3. The standard InChI is InChI=1S/C18H21N3O3/c1-12-16(13(2)24-20-12)11-18(22)19-7-9-21-8-6-14-10-15(23-3)4-5-17(14)21/h4-6,8,10H,7,9,11H2,1-3H3,(H,19,22). The summed E-state index contributed by atoms with van der Waals surface area (Å²) in [5.41, 5.74) is 2.76. The van der Waals surface area contributed by atoms with Gasteiger partial charge in [-0.2, -0.15) is 0 Å². The van der Waals surface area contributed by atoms with Gasteiger partial charge in [-0.05, 0) is 38.1 Å². The Kier molecular flexibility index (Phi) is 4.55. The Hall–Kier alpha value is -2.76. The SMILES string of the molecule is COc1ccc2c(ccn2CCNC(=O)Cc2c(C)noc2C)c1. The number of hydrogen-bond donors (Lipinski definition) is 1. The highest BCUT2D eigenvalue weighted by Crippen LogP contribution is 2.21. The molecule has 126 valence electrons. The van der Waals surface area contributed by atoms with Gasteiger partial charge in [-0.15, -0.1) is 0 Å². The van der Waals surface area contributed by atoms with Gasteiger partial charge in [0.2, 0.25) is 5.91 Å². The summed E-state index contributed by atoms with van der Waals surface area (Å²) in [5, 5.41) is 7.94. The van der Waals surface area contributed by atoms with Gasteiger partial charge in [0.05, 0.1) is 19.2 Å². The minimum absolute atomic E-state index is 0.0254. The number of amides is 1. The van der Waals surface area contributed by atoms with Crippen LogP contribution in [0.4, 0.5) is 0 Å². The van der Waals surface area contributed by atoms with Crippen molar-refractivity contribution in [3.63, 3.8) is 0 Å². The molecule has 0 spiro atoms. The van der Waals surface area contributed by atoms with Gasteiger partial charge in [0.25, 0.3) is 0 Å². The maximum absolute atomic E-state index is 12.1. The first kappa shape index (κ1) is 16.1. The van der Waals surface area contributed by atoms with E-state index in [9.17, 15) is 4.79 Å². The van der Waals surface area contributed by atoms with E-state index in [1.54, 1.807) is 7.11 Å². The summed E-state index contributed by atoms with van der Waals surface area (Å²) < 4.78 is 12.4. The number of rotatable bonds is 6. The van der Waals surface area contributed by atoms with Crippen molar-refractivity contribution in [2.24, 2.45) is 0 Å². The van der Waals surface area contributed by atoms with Crippen LogP contribution in [-0.4, -0.2) is 29.3 Å². The largest absolute Gasteiger partial charge is 0.497 e. The first-order chi connectivity index (χ1) is 11.6. The van der Waals surface area contributed by atoms with E-state index in [1.165, 1.54) is 0 Å². The molecule has 1 amide bonds. The molecule has 0 fully saturated rings. The van der Waals surface area contributed by atoms with Crippen LogP contribution in [0.3, 0.4) is 0 Å². The van der Waals surface area contributed by atoms with Crippen molar-refractivity contribution in [1.29, 1.82) is 0 Å². The monoisotopic (exact) mass is 327 g/mol. The fourth-order valence-electron chi connectivity index (χ4n) is 2.79. The highest BCUT2D eigenvalue weighted by molar-refractivity contribution is 5.82. The summed E-state index contributed by atoms with van der Waals surface area (Å²) in [4.78, 5) is 12.1. The van der Waals surface area contributed by atoms with Gasteiger partial charge >= 0.3 is 0 Å². The van der Waals surface area contributed by atoms with Crippen LogP contribution in [0.15, 0.2) is 35.0 Å². The average Bonchev–Trinajstić information content (AvgIpc) is 3.12. The Balaban J connectivity index is 1.57. The molecule has 0 aliphatic carbocycles. The summed E-state index contributed by atoms with van der Waals surface area (Å²) in [5.74, 6) is 1.52. The molecule has 3 rings (SSSR count). The highest BCUT2D eigenvalue weighted by Gasteiger charge is 2.13. The molecule has 0 saturated carbocycles. The van der Waals surface area contributed by atoms with Crippen molar-refractivity contribution in [1.82, 2.24) is 15.0 Å². The maximum Gasteiger partial charge on any atom is 0.224 e. The van der Waals surface area contributed by atoms with Crippen molar-refractivity contribution in [2.45, 2.75) is 26.8 Å². The number of carbonyl (C=O) groups is 1. The zero-order chi connectivity index (χ0) is 17.1. The first-order valence-corrected chi connectivity index (χ1v) is 7.90. The number of aromatic nitrogens is 2. The molecule has 6 nitrogen and oxygen atoms in total. The molecule has 3 aromatic rings. The number of hydrogen-bond acceptors (Lipinski definition) is 4. The van der Waals surface area contributed by atoms with Crippen LogP contribution in [-0.2, 0) is 17.8 Å². The predicted octanol–water partition coefficient (Wildman–Crippen LogP) is 2.61. The van der Waals surface area contributed by atoms with Crippen LogP contribution in [0.5, 0.6) is 5.75 Å². The third-order valence-corrected chi connectivity index (χ3v) is 4.17. The second kappa shape index (κ2) is 6.78. The van der Waals surface area contributed by atoms with E-state index in [0.717, 1.165) is 27.9 Å². The summed E-state index contributed by atoms with van der Waals surface area (Å²) in [6, 6.07) is 8.01. The van der Waals surface area contributed by atoms with Crippen LogP contribution in [0, 0.1) is 13.8 Å². The van der Waals surface area contributed by atoms with Crippen molar-refractivity contribution in [2.75, 3.05) is 13.7 Å². The predicted molar refractivity (Wildman–Crippen MR) is 91.2 cm³/mol. The summed E-state index contributed by atoms with van der Waals surface area (Å²) in [6.07, 6.45) is 2.31. The Morgan fingerprint density at radius 1 is 1.33 bits per heavy atom. The van der Waals surface area contributed by atoms with Crippen molar-refractivity contribution < 1.29 is 14.1 Å². The lowest BCUT2D eigenvalue weighted by molar-refractivity contribution is -0.120. The average molecular weight is 327 g/mol. The molecule has 1 aromatic carbocycles. The first-order valence-electron chi connectivity index (χ1n) is 7.90. The number of nitrogens with one attached hydrogen (secondary N) is 1. The minimum atomic E-state index is -0.0254. The van der Waals surface area contributed by atoms with E-state index in [1.807, 2.05) is 44.3 Å². The summed E-state index contributed by atoms with van der Waals surface area (Å²) in [6.45, 7) is 4.95. The molecule has 0 atom stereocenters. The molecular weight excluding hydrogens is 306 g/mol. The molecule has 0 unspecified atom stereocenters. The van der Waals surface area contributed by atoms with Crippen LogP contribution in [0.25, 0.3) is 10.9 Å². The third kappa shape index (κ3) is 3.27. The van der Waals surface area contributed by atoms with Gasteiger partial charge < -0.3 is 19.1 Å². The molecule has 24 heavy (non-hydrogen) atoms. The smallest absolute Gasteiger partial charge is 0.224 e. The molecule has 2 heterocycles. The number of methoxy groups -OCH3 is 1. The zero-order valence-electron chi connectivity index (χ0n) is 14.1. The van der Waals surface area contributed by atoms with E-state index >= 15 is 0 Å². The molecule has 0 bridgehead atoms. The fourth-order valence-corrected chi connectivity index (χ4v) is 2.79. The van der Waals surface area contributed by atoms with Gasteiger partial charge in [0.15, 0.2) is 0 Å². The van der Waals surface area contributed by atoms with Crippen LogP contribution in [0.2, 0.25) is 0 Å². The molecule has 0 saturated heterocycles. The van der Waals surface area contributed by atoms with Gasteiger partial charge in [0, 0.05) is 35.8 Å². The van der Waals surface area contributed by atoms with Crippen LogP contribution < -0.4 is 10.1 Å². The van der Waals surface area contributed by atoms with E-state index in [0.29, 0.717) is 25.3 Å². The molecule has 0 aliphatic rings. The highest BCUT2D eigenvalue weighted by atomic mass is 16.5. The van der Waals surface area contributed by atoms with E-state index in [2.05, 4.69) is 15.0 Å². The number of nitrogens with zero attached hydrogens (tertiary/aromatic N) is 2. The molecule has 2 aromatic heterocycles. The second-order valence-electron chi connectivity index (χ2n) is 5.76.